The smallest absolute Gasteiger partial charge is 0.259 e. The van der Waals surface area contributed by atoms with Crippen LogP contribution in [0.3, 0.4) is 0 Å². The van der Waals surface area contributed by atoms with Crippen LogP contribution in [0.15, 0.2) is 114 Å². The van der Waals surface area contributed by atoms with Gasteiger partial charge in [0.15, 0.2) is 9.84 Å². The van der Waals surface area contributed by atoms with Crippen molar-refractivity contribution < 1.29 is 36.4 Å². The average molecular weight is 704 g/mol. The molecule has 3 aliphatic rings. The second-order valence-electron chi connectivity index (χ2n) is 12.5. The zero-order valence-electron chi connectivity index (χ0n) is 27.7. The molecule has 9 nitrogen and oxygen atoms in total. The maximum Gasteiger partial charge on any atom is 0.259 e. The molecule has 258 valence electrons. The Labute approximate surface area is 289 Å². The van der Waals surface area contributed by atoms with Crippen LogP contribution >= 0.6 is 8.53 Å². The number of methoxy groups -OCH3 is 2. The summed E-state index contributed by atoms with van der Waals surface area (Å²) >= 11 is 0. The van der Waals surface area contributed by atoms with Gasteiger partial charge in [0, 0.05) is 25.6 Å². The van der Waals surface area contributed by atoms with E-state index in [1.807, 2.05) is 72.8 Å². The first-order valence-electron chi connectivity index (χ1n) is 16.7. The van der Waals surface area contributed by atoms with E-state index in [2.05, 4.69) is 16.8 Å². The fourth-order valence-electron chi connectivity index (χ4n) is 7.07. The van der Waals surface area contributed by atoms with Gasteiger partial charge in [-0.1, -0.05) is 72.8 Å². The molecule has 0 saturated carbocycles. The number of hydrogen-bond acceptors (Lipinski definition) is 9. The Hall–Kier alpha value is -3.34. The van der Waals surface area contributed by atoms with Crippen LogP contribution in [0.1, 0.15) is 36.0 Å². The summed E-state index contributed by atoms with van der Waals surface area (Å²) in [6.07, 6.45) is 1.46. The Balaban J connectivity index is 1.14. The predicted molar refractivity (Wildman–Crippen MR) is 188 cm³/mol. The molecule has 3 saturated heterocycles. The maximum atomic E-state index is 13.3. The lowest BCUT2D eigenvalue weighted by Crippen LogP contribution is -2.38. The number of hydrogen-bond donors (Lipinski definition) is 0. The zero-order valence-corrected chi connectivity index (χ0v) is 29.4. The van der Waals surface area contributed by atoms with E-state index in [1.165, 1.54) is 0 Å². The summed E-state index contributed by atoms with van der Waals surface area (Å²) in [5, 5.41) is 0. The summed E-state index contributed by atoms with van der Waals surface area (Å²) in [6.45, 7) is 1.59. The fraction of sp³-hybridized carbons (Fsp3) is 0.368. The van der Waals surface area contributed by atoms with Crippen LogP contribution in [0, 0.1) is 0 Å². The van der Waals surface area contributed by atoms with Gasteiger partial charge in [-0.15, -0.1) is 0 Å². The van der Waals surface area contributed by atoms with Crippen LogP contribution in [-0.4, -0.2) is 77.2 Å². The van der Waals surface area contributed by atoms with Crippen LogP contribution in [-0.2, 0) is 34.0 Å². The van der Waals surface area contributed by atoms with Crippen LogP contribution in [0.4, 0.5) is 0 Å². The van der Waals surface area contributed by atoms with E-state index in [-0.39, 0.29) is 30.6 Å². The Morgan fingerprint density at radius 3 is 1.98 bits per heavy atom. The quantitative estimate of drug-likeness (QED) is 0.111. The Bertz CT molecular complexity index is 1730. The van der Waals surface area contributed by atoms with Crippen molar-refractivity contribution in [3.8, 4) is 11.5 Å². The highest BCUT2D eigenvalue weighted by molar-refractivity contribution is 7.91. The number of fused-ring (bicyclic) bond motifs is 1. The van der Waals surface area contributed by atoms with Crippen molar-refractivity contribution in [2.45, 2.75) is 54.1 Å². The van der Waals surface area contributed by atoms with Gasteiger partial charge in [0.1, 0.15) is 23.2 Å². The second kappa shape index (κ2) is 14.9. The minimum Gasteiger partial charge on any atom is -0.497 e. The standard InChI is InChI=1S/C38H42NO8PS/c1-42-31-19-15-29(16-20-31)38(28-10-5-3-6-11-28,30-17-21-32(43-2)22-18-30)45-26-36-35(23-25-44-36)46-48-39-24-9-14-34(39)37(47-48)27-49(40,41)33-12-7-4-8-13-33/h3-8,10-13,15-22,34-37H,9,14,23-27H2,1-2H3/t34-,35-,36+,37+,48?/m0/s1. The van der Waals surface area contributed by atoms with Gasteiger partial charge < -0.3 is 28.0 Å². The van der Waals surface area contributed by atoms with E-state index in [0.717, 1.165) is 47.6 Å². The summed E-state index contributed by atoms with van der Waals surface area (Å²) in [6, 6.07) is 34.7. The fourth-order valence-corrected chi connectivity index (χ4v) is 10.7. The van der Waals surface area contributed by atoms with Crippen molar-refractivity contribution in [2.75, 3.05) is 39.7 Å². The molecule has 0 amide bonds. The Kier molecular flexibility index (Phi) is 10.4. The van der Waals surface area contributed by atoms with E-state index in [0.29, 0.717) is 17.9 Å². The third-order valence-electron chi connectivity index (χ3n) is 9.63. The molecule has 3 heterocycles. The Morgan fingerprint density at radius 1 is 0.776 bits per heavy atom. The summed E-state index contributed by atoms with van der Waals surface area (Å²) < 4.78 is 66.4. The first kappa shape index (κ1) is 34.1. The van der Waals surface area contributed by atoms with Crippen molar-refractivity contribution >= 4 is 18.4 Å². The van der Waals surface area contributed by atoms with E-state index in [4.69, 9.17) is 28.0 Å². The molecule has 5 atom stereocenters. The molecule has 0 N–H and O–H groups in total. The molecule has 49 heavy (non-hydrogen) atoms. The second-order valence-corrected chi connectivity index (χ2v) is 16.0. The minimum atomic E-state index is -3.51. The van der Waals surface area contributed by atoms with Gasteiger partial charge in [-0.05, 0) is 65.9 Å². The zero-order chi connectivity index (χ0) is 33.8. The SMILES string of the molecule is COc1ccc(C(OC[C@H]2OCC[C@@H]2OP2O[C@H](CS(=O)(=O)c3ccccc3)[C@@H]3CCCN32)(c2ccccc2)c2ccc(OC)cc2)cc1. The molecule has 0 aliphatic carbocycles. The van der Waals surface area contributed by atoms with Gasteiger partial charge in [-0.3, -0.25) is 0 Å². The van der Waals surface area contributed by atoms with Crippen LogP contribution in [0.2, 0.25) is 0 Å². The molecule has 4 aromatic rings. The lowest BCUT2D eigenvalue weighted by Gasteiger charge is -2.37. The molecular weight excluding hydrogens is 661 g/mol. The molecule has 7 rings (SSSR count). The molecule has 1 unspecified atom stereocenters. The third-order valence-corrected chi connectivity index (χ3v) is 13.2. The van der Waals surface area contributed by atoms with Gasteiger partial charge in [-0.25, -0.2) is 13.1 Å². The monoisotopic (exact) mass is 703 g/mol. The maximum absolute atomic E-state index is 13.3. The normalized spacial score (nSPS) is 24.2. The van der Waals surface area contributed by atoms with Crippen LogP contribution in [0.25, 0.3) is 0 Å². The summed E-state index contributed by atoms with van der Waals surface area (Å²) in [7, 11) is -1.67. The van der Waals surface area contributed by atoms with Crippen molar-refractivity contribution in [1.29, 1.82) is 0 Å². The van der Waals surface area contributed by atoms with Crippen molar-refractivity contribution in [2.24, 2.45) is 0 Å². The van der Waals surface area contributed by atoms with Gasteiger partial charge in [-0.2, -0.15) is 0 Å². The van der Waals surface area contributed by atoms with Crippen LogP contribution < -0.4 is 9.47 Å². The van der Waals surface area contributed by atoms with Crippen molar-refractivity contribution in [3.05, 3.63) is 126 Å². The van der Waals surface area contributed by atoms with Gasteiger partial charge >= 0.3 is 0 Å². The molecule has 3 aliphatic heterocycles. The highest BCUT2D eigenvalue weighted by atomic mass is 32.2. The Morgan fingerprint density at radius 2 is 1.37 bits per heavy atom. The molecule has 0 radical (unpaired) electrons. The highest BCUT2D eigenvalue weighted by Gasteiger charge is 2.50. The molecule has 0 bridgehead atoms. The molecule has 11 heteroatoms. The lowest BCUT2D eigenvalue weighted by molar-refractivity contribution is -0.0664. The van der Waals surface area contributed by atoms with Gasteiger partial charge in [0.05, 0.1) is 43.7 Å². The minimum absolute atomic E-state index is 0.0116. The average Bonchev–Trinajstić information content (AvgIpc) is 3.89. The summed E-state index contributed by atoms with van der Waals surface area (Å²) in [4.78, 5) is 0.317. The number of nitrogens with zero attached hydrogens (tertiary/aromatic N) is 1. The van der Waals surface area contributed by atoms with E-state index < -0.39 is 30.1 Å². The van der Waals surface area contributed by atoms with Crippen molar-refractivity contribution in [3.63, 3.8) is 0 Å². The molecule has 4 aromatic carbocycles. The van der Waals surface area contributed by atoms with Gasteiger partial charge in [0.25, 0.3) is 8.53 Å². The topological polar surface area (TPSA) is 92.8 Å². The largest absolute Gasteiger partial charge is 0.497 e. The van der Waals surface area contributed by atoms with Crippen molar-refractivity contribution in [1.82, 2.24) is 4.67 Å². The van der Waals surface area contributed by atoms with E-state index >= 15 is 0 Å². The predicted octanol–water partition coefficient (Wildman–Crippen LogP) is 6.75. The molecule has 0 aromatic heterocycles. The van der Waals surface area contributed by atoms with E-state index in [9.17, 15) is 8.42 Å². The first-order valence-corrected chi connectivity index (χ1v) is 19.5. The van der Waals surface area contributed by atoms with E-state index in [1.54, 1.807) is 38.5 Å². The number of sulfone groups is 1. The summed E-state index contributed by atoms with van der Waals surface area (Å²) in [5.41, 5.74) is 1.85. The highest BCUT2D eigenvalue weighted by Crippen LogP contribution is 2.57. The number of ether oxygens (including phenoxy) is 4. The number of rotatable bonds is 13. The van der Waals surface area contributed by atoms with Gasteiger partial charge in [0.2, 0.25) is 0 Å². The molecule has 3 fully saturated rings. The first-order chi connectivity index (χ1) is 23.9. The summed E-state index contributed by atoms with van der Waals surface area (Å²) in [5.74, 6) is 1.43. The number of benzene rings is 4. The molecule has 0 spiro atoms. The third kappa shape index (κ3) is 7.01. The lowest BCUT2D eigenvalue weighted by atomic mass is 9.80. The molecular formula is C38H42NO8PS. The van der Waals surface area contributed by atoms with Crippen LogP contribution in [0.5, 0.6) is 11.5 Å².